The summed E-state index contributed by atoms with van der Waals surface area (Å²) < 4.78 is 7.23. The molecule has 0 saturated heterocycles. The van der Waals surface area contributed by atoms with E-state index in [0.717, 1.165) is 5.69 Å². The first-order valence-corrected chi connectivity index (χ1v) is 9.10. The molecule has 1 aromatic carbocycles. The lowest BCUT2D eigenvalue weighted by atomic mass is 10.2. The van der Waals surface area contributed by atoms with Crippen LogP contribution in [0.25, 0.3) is 5.69 Å². The van der Waals surface area contributed by atoms with Gasteiger partial charge >= 0.3 is 0 Å². The van der Waals surface area contributed by atoms with Crippen molar-refractivity contribution < 1.29 is 9.53 Å². The second-order valence-electron chi connectivity index (χ2n) is 5.76. The molecule has 0 radical (unpaired) electrons. The lowest BCUT2D eigenvalue weighted by molar-refractivity contribution is -0.119. The third-order valence-electron chi connectivity index (χ3n) is 3.88. The number of benzene rings is 1. The number of tetrazole rings is 1. The average Bonchev–Trinajstić information content (AvgIpc) is 3.33. The number of amides is 1. The Hall–Kier alpha value is -2.09. The van der Waals surface area contributed by atoms with Gasteiger partial charge in [0.25, 0.3) is 0 Å². The van der Waals surface area contributed by atoms with Crippen molar-refractivity contribution in [2.45, 2.75) is 37.9 Å². The molecule has 0 bridgehead atoms. The molecule has 2 aromatic rings. The standard InChI is InChI=1S/C16H21N5O2S/c1-3-23-14-7-5-4-6-13(14)21-16(18-19-20-21)24-10-15(22)17-11(2)12-8-9-12/h4-7,11-12H,3,8-10H2,1-2H3,(H,17,22)/t11-/m1/s1. The number of ether oxygens (including phenoxy) is 1. The number of para-hydroxylation sites is 2. The van der Waals surface area contributed by atoms with Crippen molar-refractivity contribution in [3.63, 3.8) is 0 Å². The summed E-state index contributed by atoms with van der Waals surface area (Å²) in [6, 6.07) is 7.81. The van der Waals surface area contributed by atoms with Gasteiger partial charge in [0.2, 0.25) is 11.1 Å². The van der Waals surface area contributed by atoms with Crippen molar-refractivity contribution in [1.29, 1.82) is 0 Å². The van der Waals surface area contributed by atoms with Gasteiger partial charge in [0.05, 0.1) is 12.4 Å². The summed E-state index contributed by atoms with van der Waals surface area (Å²) in [6.45, 7) is 4.54. The van der Waals surface area contributed by atoms with E-state index in [1.165, 1.54) is 24.6 Å². The van der Waals surface area contributed by atoms with E-state index in [-0.39, 0.29) is 17.7 Å². The van der Waals surface area contributed by atoms with Crippen LogP contribution in [0, 0.1) is 5.92 Å². The van der Waals surface area contributed by atoms with E-state index in [0.29, 0.717) is 23.4 Å². The van der Waals surface area contributed by atoms with Gasteiger partial charge in [-0.25, -0.2) is 0 Å². The predicted molar refractivity (Wildman–Crippen MR) is 91.4 cm³/mol. The quantitative estimate of drug-likeness (QED) is 0.736. The van der Waals surface area contributed by atoms with Crippen LogP contribution in [0.15, 0.2) is 29.4 Å². The molecule has 7 nitrogen and oxygen atoms in total. The van der Waals surface area contributed by atoms with Crippen LogP contribution < -0.4 is 10.1 Å². The normalized spacial score (nSPS) is 15.1. The fourth-order valence-corrected chi connectivity index (χ4v) is 3.16. The van der Waals surface area contributed by atoms with E-state index < -0.39 is 0 Å². The number of hydrogen-bond acceptors (Lipinski definition) is 6. The van der Waals surface area contributed by atoms with E-state index in [2.05, 4.69) is 27.8 Å². The molecule has 1 aliphatic carbocycles. The lowest BCUT2D eigenvalue weighted by Crippen LogP contribution is -2.35. The Morgan fingerprint density at radius 3 is 3.00 bits per heavy atom. The molecular formula is C16H21N5O2S. The molecule has 1 aromatic heterocycles. The number of hydrogen-bond donors (Lipinski definition) is 1. The fourth-order valence-electron chi connectivity index (χ4n) is 2.47. The number of thioether (sulfide) groups is 1. The van der Waals surface area contributed by atoms with Gasteiger partial charge in [0, 0.05) is 6.04 Å². The molecule has 1 atom stereocenters. The summed E-state index contributed by atoms with van der Waals surface area (Å²) in [4.78, 5) is 12.1. The van der Waals surface area contributed by atoms with Crippen LogP contribution in [0.3, 0.4) is 0 Å². The smallest absolute Gasteiger partial charge is 0.230 e. The average molecular weight is 347 g/mol. The first kappa shape index (κ1) is 16.8. The molecule has 24 heavy (non-hydrogen) atoms. The molecule has 1 aliphatic rings. The van der Waals surface area contributed by atoms with Gasteiger partial charge in [-0.3, -0.25) is 4.79 Å². The van der Waals surface area contributed by atoms with Gasteiger partial charge in [-0.2, -0.15) is 4.68 Å². The number of nitrogens with one attached hydrogen (secondary N) is 1. The van der Waals surface area contributed by atoms with Crippen LogP contribution in [0.1, 0.15) is 26.7 Å². The summed E-state index contributed by atoms with van der Waals surface area (Å²) in [5, 5.41) is 15.4. The highest BCUT2D eigenvalue weighted by molar-refractivity contribution is 7.99. The summed E-state index contributed by atoms with van der Waals surface area (Å²) in [7, 11) is 0. The highest BCUT2D eigenvalue weighted by Gasteiger charge is 2.28. The van der Waals surface area contributed by atoms with E-state index >= 15 is 0 Å². The van der Waals surface area contributed by atoms with E-state index in [1.807, 2.05) is 31.2 Å². The summed E-state index contributed by atoms with van der Waals surface area (Å²) >= 11 is 1.32. The molecular weight excluding hydrogens is 326 g/mol. The van der Waals surface area contributed by atoms with Crippen LogP contribution >= 0.6 is 11.8 Å². The highest BCUT2D eigenvalue weighted by Crippen LogP contribution is 2.32. The third-order valence-corrected chi connectivity index (χ3v) is 4.80. The largest absolute Gasteiger partial charge is 0.492 e. The Bertz CT molecular complexity index is 701. The van der Waals surface area contributed by atoms with Crippen LogP contribution in [-0.2, 0) is 4.79 Å². The topological polar surface area (TPSA) is 81.9 Å². The predicted octanol–water partition coefficient (Wildman–Crippen LogP) is 2.07. The fraction of sp³-hybridized carbons (Fsp3) is 0.500. The van der Waals surface area contributed by atoms with E-state index in [9.17, 15) is 4.79 Å². The van der Waals surface area contributed by atoms with Gasteiger partial charge in [0.1, 0.15) is 11.4 Å². The van der Waals surface area contributed by atoms with Crippen LogP contribution in [0.5, 0.6) is 5.75 Å². The van der Waals surface area contributed by atoms with Gasteiger partial charge in [-0.1, -0.05) is 23.9 Å². The maximum absolute atomic E-state index is 12.1. The Kier molecular flexibility index (Phi) is 5.34. The minimum Gasteiger partial charge on any atom is -0.492 e. The second-order valence-corrected chi connectivity index (χ2v) is 6.70. The van der Waals surface area contributed by atoms with Crippen LogP contribution in [-0.4, -0.2) is 44.5 Å². The number of rotatable bonds is 8. The summed E-state index contributed by atoms with van der Waals surface area (Å²) in [5.74, 6) is 1.64. The number of nitrogens with zero attached hydrogens (tertiary/aromatic N) is 4. The lowest BCUT2D eigenvalue weighted by Gasteiger charge is -2.13. The monoisotopic (exact) mass is 347 g/mol. The Balaban J connectivity index is 1.66. The van der Waals surface area contributed by atoms with Crippen LogP contribution in [0.4, 0.5) is 0 Å². The zero-order valence-corrected chi connectivity index (χ0v) is 14.6. The molecule has 0 unspecified atom stereocenters. The zero-order valence-electron chi connectivity index (χ0n) is 13.8. The first-order valence-electron chi connectivity index (χ1n) is 8.11. The first-order chi connectivity index (χ1) is 11.7. The Labute approximate surface area is 145 Å². The van der Waals surface area contributed by atoms with Crippen LogP contribution in [0.2, 0.25) is 0 Å². The molecule has 3 rings (SSSR count). The Morgan fingerprint density at radius 2 is 2.25 bits per heavy atom. The molecule has 0 aliphatic heterocycles. The molecule has 1 saturated carbocycles. The van der Waals surface area contributed by atoms with Crippen molar-refractivity contribution in [2.24, 2.45) is 5.92 Å². The molecule has 1 N–H and O–H groups in total. The Morgan fingerprint density at radius 1 is 1.46 bits per heavy atom. The van der Waals surface area contributed by atoms with Crippen molar-refractivity contribution in [1.82, 2.24) is 25.5 Å². The maximum Gasteiger partial charge on any atom is 0.230 e. The zero-order chi connectivity index (χ0) is 16.9. The third kappa shape index (κ3) is 4.05. The molecule has 1 heterocycles. The van der Waals surface area contributed by atoms with Crippen molar-refractivity contribution in [3.05, 3.63) is 24.3 Å². The molecule has 0 spiro atoms. The molecule has 128 valence electrons. The number of carbonyl (C=O) groups excluding carboxylic acids is 1. The number of aromatic nitrogens is 4. The summed E-state index contributed by atoms with van der Waals surface area (Å²) in [5.41, 5.74) is 0.763. The maximum atomic E-state index is 12.1. The van der Waals surface area contributed by atoms with Crippen molar-refractivity contribution in [3.8, 4) is 11.4 Å². The molecule has 1 amide bonds. The van der Waals surface area contributed by atoms with Crippen molar-refractivity contribution in [2.75, 3.05) is 12.4 Å². The van der Waals surface area contributed by atoms with Gasteiger partial charge in [-0.15, -0.1) is 5.10 Å². The number of carbonyl (C=O) groups is 1. The minimum absolute atomic E-state index is 0.00652. The van der Waals surface area contributed by atoms with E-state index in [1.54, 1.807) is 4.68 Å². The second kappa shape index (κ2) is 7.65. The van der Waals surface area contributed by atoms with Gasteiger partial charge in [0.15, 0.2) is 0 Å². The summed E-state index contributed by atoms with van der Waals surface area (Å²) in [6.07, 6.45) is 2.42. The van der Waals surface area contributed by atoms with Crippen molar-refractivity contribution >= 4 is 17.7 Å². The van der Waals surface area contributed by atoms with E-state index in [4.69, 9.17) is 4.74 Å². The highest BCUT2D eigenvalue weighted by atomic mass is 32.2. The molecule has 1 fully saturated rings. The van der Waals surface area contributed by atoms with Gasteiger partial charge < -0.3 is 10.1 Å². The van der Waals surface area contributed by atoms with Gasteiger partial charge in [-0.05, 0) is 55.2 Å². The SMILES string of the molecule is CCOc1ccccc1-n1nnnc1SCC(=O)N[C@H](C)C1CC1. The molecule has 8 heteroatoms. The minimum atomic E-state index is 0.00652.